The number of hydrogen-bond acceptors (Lipinski definition) is 2. The standard InChI is InChI=1S/C13H13BrClNS/c1-9(10-3-2-4-11(14)5-10)16-7-13-6-12(15)8-17-13/h2-6,8-9,16H,7H2,1H3. The van der Waals surface area contributed by atoms with E-state index in [0.717, 1.165) is 16.0 Å². The van der Waals surface area contributed by atoms with E-state index in [1.165, 1.54) is 10.4 Å². The van der Waals surface area contributed by atoms with Crippen molar-refractivity contribution in [2.24, 2.45) is 0 Å². The van der Waals surface area contributed by atoms with Gasteiger partial charge in [0.2, 0.25) is 0 Å². The third-order valence-electron chi connectivity index (χ3n) is 2.55. The van der Waals surface area contributed by atoms with Gasteiger partial charge in [-0.3, -0.25) is 0 Å². The van der Waals surface area contributed by atoms with Gasteiger partial charge in [-0.1, -0.05) is 39.7 Å². The molecule has 4 heteroatoms. The molecule has 0 aliphatic rings. The molecule has 1 nitrogen and oxygen atoms in total. The first kappa shape index (κ1) is 13.1. The van der Waals surface area contributed by atoms with E-state index in [9.17, 15) is 0 Å². The maximum absolute atomic E-state index is 5.89. The quantitative estimate of drug-likeness (QED) is 0.830. The fourth-order valence-electron chi connectivity index (χ4n) is 1.59. The van der Waals surface area contributed by atoms with Crippen molar-refractivity contribution in [2.75, 3.05) is 0 Å². The molecule has 17 heavy (non-hydrogen) atoms. The van der Waals surface area contributed by atoms with Gasteiger partial charge in [-0.2, -0.15) is 0 Å². The van der Waals surface area contributed by atoms with Crippen LogP contribution in [0, 0.1) is 0 Å². The van der Waals surface area contributed by atoms with Gasteiger partial charge < -0.3 is 5.32 Å². The highest BCUT2D eigenvalue weighted by Crippen LogP contribution is 2.21. The number of rotatable bonds is 4. The van der Waals surface area contributed by atoms with Crippen LogP contribution in [0.15, 0.2) is 40.2 Å². The molecule has 1 heterocycles. The third-order valence-corrected chi connectivity index (χ3v) is 4.33. The molecular formula is C13H13BrClNS. The highest BCUT2D eigenvalue weighted by atomic mass is 79.9. The Labute approximate surface area is 119 Å². The van der Waals surface area contributed by atoms with Crippen molar-refractivity contribution in [1.29, 1.82) is 0 Å². The topological polar surface area (TPSA) is 12.0 Å². The van der Waals surface area contributed by atoms with Crippen LogP contribution in [0.2, 0.25) is 5.02 Å². The van der Waals surface area contributed by atoms with Crippen LogP contribution >= 0.6 is 38.9 Å². The van der Waals surface area contributed by atoms with Gasteiger partial charge in [0, 0.05) is 27.3 Å². The number of thiophene rings is 1. The largest absolute Gasteiger partial charge is 0.305 e. The van der Waals surface area contributed by atoms with E-state index in [1.807, 2.05) is 17.5 Å². The molecule has 1 aromatic heterocycles. The zero-order valence-corrected chi connectivity index (χ0v) is 12.6. The lowest BCUT2D eigenvalue weighted by Crippen LogP contribution is -2.17. The monoisotopic (exact) mass is 329 g/mol. The minimum absolute atomic E-state index is 0.327. The van der Waals surface area contributed by atoms with Crippen LogP contribution < -0.4 is 5.32 Å². The van der Waals surface area contributed by atoms with Crippen LogP contribution in [0.4, 0.5) is 0 Å². The minimum Gasteiger partial charge on any atom is -0.305 e. The van der Waals surface area contributed by atoms with Crippen molar-refractivity contribution < 1.29 is 0 Å². The summed E-state index contributed by atoms with van der Waals surface area (Å²) in [6.45, 7) is 3.02. The predicted octanol–water partition coefficient (Wildman–Crippen LogP) is 5.01. The molecule has 2 aromatic rings. The highest BCUT2D eigenvalue weighted by molar-refractivity contribution is 9.10. The molecule has 0 aliphatic carbocycles. The summed E-state index contributed by atoms with van der Waals surface area (Å²) in [6, 6.07) is 10.7. The van der Waals surface area contributed by atoms with Gasteiger partial charge in [-0.05, 0) is 30.7 Å². The molecule has 1 unspecified atom stereocenters. The molecule has 1 atom stereocenters. The van der Waals surface area contributed by atoms with Crippen molar-refractivity contribution in [2.45, 2.75) is 19.5 Å². The van der Waals surface area contributed by atoms with Gasteiger partial charge in [0.1, 0.15) is 0 Å². The molecule has 0 saturated carbocycles. The van der Waals surface area contributed by atoms with Crippen molar-refractivity contribution in [3.8, 4) is 0 Å². The molecule has 0 amide bonds. The summed E-state index contributed by atoms with van der Waals surface area (Å²) < 4.78 is 1.11. The summed E-state index contributed by atoms with van der Waals surface area (Å²) >= 11 is 11.1. The Morgan fingerprint density at radius 1 is 1.41 bits per heavy atom. The normalized spacial score (nSPS) is 12.6. The highest BCUT2D eigenvalue weighted by Gasteiger charge is 2.06. The van der Waals surface area contributed by atoms with Gasteiger partial charge in [-0.25, -0.2) is 0 Å². The summed E-state index contributed by atoms with van der Waals surface area (Å²) in [5, 5.41) is 6.27. The molecule has 1 N–H and O–H groups in total. The molecule has 0 radical (unpaired) electrons. The van der Waals surface area contributed by atoms with E-state index in [1.54, 1.807) is 11.3 Å². The Kier molecular flexibility index (Phi) is 4.62. The second kappa shape index (κ2) is 6.01. The molecule has 0 bridgehead atoms. The van der Waals surface area contributed by atoms with E-state index < -0.39 is 0 Å². The van der Waals surface area contributed by atoms with Crippen LogP contribution in [0.1, 0.15) is 23.4 Å². The average molecular weight is 331 g/mol. The van der Waals surface area contributed by atoms with Gasteiger partial charge in [-0.15, -0.1) is 11.3 Å². The van der Waals surface area contributed by atoms with E-state index in [-0.39, 0.29) is 0 Å². The zero-order valence-electron chi connectivity index (χ0n) is 9.41. The van der Waals surface area contributed by atoms with Gasteiger partial charge >= 0.3 is 0 Å². The Bertz CT molecular complexity index is 498. The summed E-state index contributed by atoms with van der Waals surface area (Å²) in [7, 11) is 0. The van der Waals surface area contributed by atoms with Crippen LogP contribution in [-0.2, 0) is 6.54 Å². The van der Waals surface area contributed by atoms with Gasteiger partial charge in [0.05, 0.1) is 5.02 Å². The van der Waals surface area contributed by atoms with Crippen LogP contribution in [0.5, 0.6) is 0 Å². The average Bonchev–Trinajstić information content (AvgIpc) is 2.72. The van der Waals surface area contributed by atoms with Gasteiger partial charge in [0.25, 0.3) is 0 Å². The zero-order chi connectivity index (χ0) is 12.3. The van der Waals surface area contributed by atoms with Crippen molar-refractivity contribution in [3.05, 3.63) is 55.6 Å². The van der Waals surface area contributed by atoms with Crippen LogP contribution in [0.3, 0.4) is 0 Å². The first-order valence-corrected chi connectivity index (χ1v) is 7.42. The summed E-state index contributed by atoms with van der Waals surface area (Å²) in [5.41, 5.74) is 1.28. The second-order valence-corrected chi connectivity index (χ2v) is 6.24. The number of benzene rings is 1. The van der Waals surface area contributed by atoms with Crippen LogP contribution in [-0.4, -0.2) is 0 Å². The van der Waals surface area contributed by atoms with E-state index in [0.29, 0.717) is 6.04 Å². The molecule has 1 aromatic carbocycles. The first-order chi connectivity index (χ1) is 8.15. The number of halogens is 2. The molecule has 0 fully saturated rings. The first-order valence-electron chi connectivity index (χ1n) is 5.37. The van der Waals surface area contributed by atoms with Crippen molar-refractivity contribution in [3.63, 3.8) is 0 Å². The lowest BCUT2D eigenvalue weighted by Gasteiger charge is -2.13. The Morgan fingerprint density at radius 3 is 2.88 bits per heavy atom. The fraction of sp³-hybridized carbons (Fsp3) is 0.231. The minimum atomic E-state index is 0.327. The smallest absolute Gasteiger partial charge is 0.0516 e. The molecule has 2 rings (SSSR count). The van der Waals surface area contributed by atoms with Crippen molar-refractivity contribution >= 4 is 38.9 Å². The number of nitrogens with one attached hydrogen (secondary N) is 1. The molecule has 0 aliphatic heterocycles. The van der Waals surface area contributed by atoms with E-state index in [2.05, 4.69) is 46.4 Å². The second-order valence-electron chi connectivity index (χ2n) is 3.89. The summed E-state index contributed by atoms with van der Waals surface area (Å²) in [5.74, 6) is 0. The number of hydrogen-bond donors (Lipinski definition) is 1. The summed E-state index contributed by atoms with van der Waals surface area (Å²) in [4.78, 5) is 1.26. The predicted molar refractivity (Wildman–Crippen MR) is 78.7 cm³/mol. The lowest BCUT2D eigenvalue weighted by atomic mass is 10.1. The molecule has 0 spiro atoms. The molecule has 90 valence electrons. The Hall–Kier alpha value is -0.350. The Balaban J connectivity index is 1.95. The van der Waals surface area contributed by atoms with E-state index >= 15 is 0 Å². The third kappa shape index (κ3) is 3.81. The Morgan fingerprint density at radius 2 is 2.24 bits per heavy atom. The van der Waals surface area contributed by atoms with Crippen molar-refractivity contribution in [1.82, 2.24) is 5.32 Å². The lowest BCUT2D eigenvalue weighted by molar-refractivity contribution is 0.578. The van der Waals surface area contributed by atoms with Crippen LogP contribution in [0.25, 0.3) is 0 Å². The maximum Gasteiger partial charge on any atom is 0.0516 e. The van der Waals surface area contributed by atoms with Gasteiger partial charge in [0.15, 0.2) is 0 Å². The molecular weight excluding hydrogens is 318 g/mol. The fourth-order valence-corrected chi connectivity index (χ4v) is 3.03. The maximum atomic E-state index is 5.89. The van der Waals surface area contributed by atoms with E-state index in [4.69, 9.17) is 11.6 Å². The SMILES string of the molecule is CC(NCc1cc(Cl)cs1)c1cccc(Br)c1. The summed E-state index contributed by atoms with van der Waals surface area (Å²) in [6.07, 6.45) is 0. The molecule has 0 saturated heterocycles.